The Kier molecular flexibility index (Phi) is 3.95. The number of methoxy groups -OCH3 is 1. The van der Waals surface area contributed by atoms with Crippen molar-refractivity contribution in [2.24, 2.45) is 0 Å². The summed E-state index contributed by atoms with van der Waals surface area (Å²) in [6, 6.07) is 8.67. The van der Waals surface area contributed by atoms with Crippen LogP contribution >= 0.6 is 11.6 Å². The van der Waals surface area contributed by atoms with Crippen molar-refractivity contribution >= 4 is 17.4 Å². The fourth-order valence-electron chi connectivity index (χ4n) is 1.68. The number of hydrogen-bond donors (Lipinski definition) is 0. The van der Waals surface area contributed by atoms with Crippen LogP contribution in [-0.4, -0.2) is 17.9 Å². The molecule has 1 aromatic carbocycles. The molecular formula is C14H12ClNO2. The van der Waals surface area contributed by atoms with E-state index in [1.807, 2.05) is 12.1 Å². The highest BCUT2D eigenvalue weighted by Gasteiger charge is 2.13. The van der Waals surface area contributed by atoms with Crippen LogP contribution in [-0.2, 0) is 6.42 Å². The lowest BCUT2D eigenvalue weighted by Gasteiger charge is -2.07. The van der Waals surface area contributed by atoms with Crippen LogP contribution in [0.25, 0.3) is 0 Å². The molecule has 0 saturated heterocycles. The largest absolute Gasteiger partial charge is 0.496 e. The van der Waals surface area contributed by atoms with E-state index in [0.717, 1.165) is 5.56 Å². The molecule has 0 bridgehead atoms. The Labute approximate surface area is 110 Å². The molecule has 1 heterocycles. The molecule has 0 spiro atoms. The lowest BCUT2D eigenvalue weighted by atomic mass is 10.0. The lowest BCUT2D eigenvalue weighted by Crippen LogP contribution is -2.06. The van der Waals surface area contributed by atoms with E-state index in [2.05, 4.69) is 4.98 Å². The van der Waals surface area contributed by atoms with E-state index in [1.165, 1.54) is 7.11 Å². The first-order valence-corrected chi connectivity index (χ1v) is 5.84. The van der Waals surface area contributed by atoms with Crippen LogP contribution in [0.4, 0.5) is 0 Å². The van der Waals surface area contributed by atoms with E-state index in [4.69, 9.17) is 16.3 Å². The van der Waals surface area contributed by atoms with Crippen LogP contribution < -0.4 is 4.74 Å². The Morgan fingerprint density at radius 2 is 2.22 bits per heavy atom. The monoisotopic (exact) mass is 261 g/mol. The SMILES string of the molecule is COc1cc(Cl)ccc1C(=O)Cc1cccnc1. The molecule has 0 aliphatic rings. The summed E-state index contributed by atoms with van der Waals surface area (Å²) in [5.74, 6) is 0.480. The summed E-state index contributed by atoms with van der Waals surface area (Å²) in [5, 5.41) is 0.546. The van der Waals surface area contributed by atoms with Gasteiger partial charge in [-0.25, -0.2) is 0 Å². The highest BCUT2D eigenvalue weighted by molar-refractivity contribution is 6.30. The van der Waals surface area contributed by atoms with Crippen LogP contribution in [0.3, 0.4) is 0 Å². The van der Waals surface area contributed by atoms with Gasteiger partial charge < -0.3 is 4.74 Å². The molecule has 0 radical (unpaired) electrons. The number of pyridine rings is 1. The maximum Gasteiger partial charge on any atom is 0.171 e. The number of rotatable bonds is 4. The van der Waals surface area contributed by atoms with Crippen molar-refractivity contribution in [1.82, 2.24) is 4.98 Å². The van der Waals surface area contributed by atoms with Crippen molar-refractivity contribution in [3.8, 4) is 5.75 Å². The summed E-state index contributed by atoms with van der Waals surface area (Å²) in [6.07, 6.45) is 3.66. The summed E-state index contributed by atoms with van der Waals surface area (Å²) in [4.78, 5) is 16.1. The van der Waals surface area contributed by atoms with E-state index < -0.39 is 0 Å². The summed E-state index contributed by atoms with van der Waals surface area (Å²) in [5.41, 5.74) is 1.41. The Hall–Kier alpha value is -1.87. The molecule has 18 heavy (non-hydrogen) atoms. The number of aromatic nitrogens is 1. The van der Waals surface area contributed by atoms with Crippen molar-refractivity contribution in [2.45, 2.75) is 6.42 Å². The zero-order chi connectivity index (χ0) is 13.0. The molecule has 0 saturated carbocycles. The van der Waals surface area contributed by atoms with Crippen LogP contribution in [0.1, 0.15) is 15.9 Å². The molecule has 2 aromatic rings. The number of ether oxygens (including phenoxy) is 1. The number of Topliss-reactive ketones (excluding diaryl/α,β-unsaturated/α-hetero) is 1. The van der Waals surface area contributed by atoms with E-state index in [9.17, 15) is 4.79 Å². The Morgan fingerprint density at radius 1 is 1.39 bits per heavy atom. The molecule has 1 aromatic heterocycles. The van der Waals surface area contributed by atoms with E-state index in [-0.39, 0.29) is 5.78 Å². The van der Waals surface area contributed by atoms with Crippen LogP contribution in [0, 0.1) is 0 Å². The average Bonchev–Trinajstić information content (AvgIpc) is 2.39. The van der Waals surface area contributed by atoms with E-state index in [1.54, 1.807) is 30.6 Å². The van der Waals surface area contributed by atoms with Gasteiger partial charge in [-0.2, -0.15) is 0 Å². The normalized spacial score (nSPS) is 10.1. The molecule has 0 N–H and O–H groups in total. The van der Waals surface area contributed by atoms with Crippen LogP contribution in [0.5, 0.6) is 5.75 Å². The number of hydrogen-bond acceptors (Lipinski definition) is 3. The molecule has 3 nitrogen and oxygen atoms in total. The predicted octanol–water partition coefficient (Wildman–Crippen LogP) is 3.17. The van der Waals surface area contributed by atoms with Crippen molar-refractivity contribution in [3.05, 3.63) is 58.9 Å². The van der Waals surface area contributed by atoms with Gasteiger partial charge in [0.1, 0.15) is 5.75 Å². The van der Waals surface area contributed by atoms with Gasteiger partial charge >= 0.3 is 0 Å². The second-order valence-corrected chi connectivity index (χ2v) is 4.24. The Morgan fingerprint density at radius 3 is 2.89 bits per heavy atom. The zero-order valence-corrected chi connectivity index (χ0v) is 10.6. The Balaban J connectivity index is 2.24. The molecule has 0 aliphatic heterocycles. The second-order valence-electron chi connectivity index (χ2n) is 3.81. The maximum atomic E-state index is 12.2. The second kappa shape index (κ2) is 5.65. The molecular weight excluding hydrogens is 250 g/mol. The fraction of sp³-hybridized carbons (Fsp3) is 0.143. The van der Waals surface area contributed by atoms with Gasteiger partial charge in [-0.15, -0.1) is 0 Å². The van der Waals surface area contributed by atoms with Gasteiger partial charge in [-0.05, 0) is 29.8 Å². The third-order valence-electron chi connectivity index (χ3n) is 2.55. The summed E-state index contributed by atoms with van der Waals surface area (Å²) in [7, 11) is 1.52. The van der Waals surface area contributed by atoms with Gasteiger partial charge in [0, 0.05) is 23.8 Å². The molecule has 0 fully saturated rings. The third-order valence-corrected chi connectivity index (χ3v) is 2.79. The lowest BCUT2D eigenvalue weighted by molar-refractivity contribution is 0.0990. The van der Waals surface area contributed by atoms with Crippen LogP contribution in [0.15, 0.2) is 42.7 Å². The highest BCUT2D eigenvalue weighted by Crippen LogP contribution is 2.24. The molecule has 2 rings (SSSR count). The summed E-state index contributed by atoms with van der Waals surface area (Å²) >= 11 is 5.86. The maximum absolute atomic E-state index is 12.2. The number of carbonyl (C=O) groups excluding carboxylic acids is 1. The smallest absolute Gasteiger partial charge is 0.171 e. The first-order chi connectivity index (χ1) is 8.70. The minimum Gasteiger partial charge on any atom is -0.496 e. The number of carbonyl (C=O) groups is 1. The molecule has 4 heteroatoms. The Bertz CT molecular complexity index is 555. The van der Waals surface area contributed by atoms with Crippen molar-refractivity contribution < 1.29 is 9.53 Å². The molecule has 92 valence electrons. The first kappa shape index (κ1) is 12.6. The summed E-state index contributed by atoms with van der Waals surface area (Å²) < 4.78 is 5.16. The van der Waals surface area contributed by atoms with Gasteiger partial charge in [-0.1, -0.05) is 17.7 Å². The number of halogens is 1. The number of benzene rings is 1. The van der Waals surface area contributed by atoms with Gasteiger partial charge in [-0.3, -0.25) is 9.78 Å². The topological polar surface area (TPSA) is 39.2 Å². The van der Waals surface area contributed by atoms with Crippen LogP contribution in [0.2, 0.25) is 5.02 Å². The van der Waals surface area contributed by atoms with E-state index in [0.29, 0.717) is 22.8 Å². The van der Waals surface area contributed by atoms with Crippen molar-refractivity contribution in [3.63, 3.8) is 0 Å². The van der Waals surface area contributed by atoms with E-state index >= 15 is 0 Å². The third kappa shape index (κ3) is 2.87. The zero-order valence-electron chi connectivity index (χ0n) is 9.89. The van der Waals surface area contributed by atoms with Gasteiger partial charge in [0.15, 0.2) is 5.78 Å². The van der Waals surface area contributed by atoms with Crippen molar-refractivity contribution in [2.75, 3.05) is 7.11 Å². The van der Waals surface area contributed by atoms with Gasteiger partial charge in [0.05, 0.1) is 12.7 Å². The van der Waals surface area contributed by atoms with Gasteiger partial charge in [0.25, 0.3) is 0 Å². The highest BCUT2D eigenvalue weighted by atomic mass is 35.5. The fourth-order valence-corrected chi connectivity index (χ4v) is 1.84. The molecule has 0 atom stereocenters. The summed E-state index contributed by atoms with van der Waals surface area (Å²) in [6.45, 7) is 0. The minimum absolute atomic E-state index is 0.0171. The quantitative estimate of drug-likeness (QED) is 0.794. The number of ketones is 1. The average molecular weight is 262 g/mol. The van der Waals surface area contributed by atoms with Gasteiger partial charge in [0.2, 0.25) is 0 Å². The minimum atomic E-state index is -0.0171. The molecule has 0 amide bonds. The first-order valence-electron chi connectivity index (χ1n) is 5.46. The number of nitrogens with zero attached hydrogens (tertiary/aromatic N) is 1. The van der Waals surface area contributed by atoms with Crippen molar-refractivity contribution in [1.29, 1.82) is 0 Å². The predicted molar refractivity (Wildman–Crippen MR) is 70.3 cm³/mol. The standard InChI is InChI=1S/C14H12ClNO2/c1-18-14-8-11(15)4-5-12(14)13(17)7-10-3-2-6-16-9-10/h2-6,8-9H,7H2,1H3. The molecule has 0 unspecified atom stereocenters. The molecule has 0 aliphatic carbocycles.